The fraction of sp³-hybridized carbons (Fsp3) is 0.238. The molecule has 4 rings (SSSR count). The summed E-state index contributed by atoms with van der Waals surface area (Å²) in [6.45, 7) is 0. The number of benzene rings is 2. The molecule has 28 heavy (non-hydrogen) atoms. The second-order valence-corrected chi connectivity index (χ2v) is 8.00. The second-order valence-electron chi connectivity index (χ2n) is 6.63. The zero-order chi connectivity index (χ0) is 19.7. The lowest BCUT2D eigenvalue weighted by Gasteiger charge is -2.48. The van der Waals surface area contributed by atoms with Gasteiger partial charge in [-0.3, -0.25) is 9.69 Å². The quantitative estimate of drug-likeness (QED) is 0.462. The molecule has 1 unspecified atom stereocenters. The van der Waals surface area contributed by atoms with Crippen molar-refractivity contribution >= 4 is 35.2 Å². The molecule has 0 bridgehead atoms. The van der Waals surface area contributed by atoms with E-state index in [1.807, 2.05) is 60.7 Å². The van der Waals surface area contributed by atoms with Crippen LogP contribution in [0, 0.1) is 0 Å². The number of carbonyl (C=O) groups is 2. The maximum Gasteiger partial charge on any atom is 0.356 e. The predicted molar refractivity (Wildman–Crippen MR) is 110 cm³/mol. The van der Waals surface area contributed by atoms with Crippen LogP contribution in [0.2, 0.25) is 0 Å². The number of carbonyl (C=O) groups excluding carboxylic acids is 2. The first-order valence-electron chi connectivity index (χ1n) is 8.91. The molecule has 0 aliphatic carbocycles. The Bertz CT molecular complexity index is 880. The second kappa shape index (κ2) is 7.99. The van der Waals surface area contributed by atoms with Crippen molar-refractivity contribution < 1.29 is 14.3 Å². The first kappa shape index (κ1) is 19.1. The van der Waals surface area contributed by atoms with E-state index in [1.54, 1.807) is 0 Å². The number of halogens is 1. The Morgan fingerprint density at radius 3 is 2.25 bits per heavy atom. The highest BCUT2D eigenvalue weighted by molar-refractivity contribution is 8.00. The van der Waals surface area contributed by atoms with E-state index in [-0.39, 0.29) is 22.9 Å². The summed E-state index contributed by atoms with van der Waals surface area (Å²) < 4.78 is 5.93. The van der Waals surface area contributed by atoms with Crippen LogP contribution in [0.15, 0.2) is 71.9 Å². The molecule has 7 heteroatoms. The molecule has 2 N–H and O–H groups in total. The highest BCUT2D eigenvalue weighted by Gasteiger charge is 2.52. The molecule has 2 aromatic rings. The van der Waals surface area contributed by atoms with Gasteiger partial charge >= 0.3 is 5.97 Å². The normalized spacial score (nSPS) is 21.4. The van der Waals surface area contributed by atoms with Gasteiger partial charge in [0.05, 0.1) is 0 Å². The largest absolute Gasteiger partial charge is 0.448 e. The lowest BCUT2D eigenvalue weighted by Crippen LogP contribution is -2.68. The molecule has 2 atom stereocenters. The van der Waals surface area contributed by atoms with Gasteiger partial charge in [-0.05, 0) is 16.7 Å². The summed E-state index contributed by atoms with van der Waals surface area (Å²) in [5, 5.41) is -0.242. The van der Waals surface area contributed by atoms with Crippen LogP contribution in [-0.2, 0) is 14.3 Å². The maximum absolute atomic E-state index is 13.2. The molecule has 2 aliphatic rings. The van der Waals surface area contributed by atoms with Gasteiger partial charge in [0.1, 0.15) is 17.1 Å². The first-order valence-corrected chi connectivity index (χ1v) is 10.5. The van der Waals surface area contributed by atoms with Crippen LogP contribution in [0.25, 0.3) is 0 Å². The Labute approximate surface area is 172 Å². The van der Waals surface area contributed by atoms with Crippen molar-refractivity contribution in [2.45, 2.75) is 17.5 Å². The number of β-lactam (4-membered cyclic amide) rings is 1. The van der Waals surface area contributed by atoms with Gasteiger partial charge in [-0.2, -0.15) is 0 Å². The average molecular weight is 415 g/mol. The van der Waals surface area contributed by atoms with E-state index in [2.05, 4.69) is 0 Å². The van der Waals surface area contributed by atoms with Crippen molar-refractivity contribution in [2.24, 2.45) is 5.73 Å². The van der Waals surface area contributed by atoms with Crippen LogP contribution in [0.3, 0.4) is 0 Å². The molecule has 0 spiro atoms. The van der Waals surface area contributed by atoms with Gasteiger partial charge in [0.2, 0.25) is 5.91 Å². The average Bonchev–Trinajstić information content (AvgIpc) is 2.76. The minimum atomic E-state index is -0.594. The maximum atomic E-state index is 13.2. The number of amides is 1. The van der Waals surface area contributed by atoms with Gasteiger partial charge in [0.15, 0.2) is 6.10 Å². The highest BCUT2D eigenvalue weighted by Crippen LogP contribution is 2.41. The Morgan fingerprint density at radius 2 is 1.71 bits per heavy atom. The summed E-state index contributed by atoms with van der Waals surface area (Å²) in [5.74, 6) is -0.122. The van der Waals surface area contributed by atoms with Crippen molar-refractivity contribution in [1.82, 2.24) is 4.90 Å². The topological polar surface area (TPSA) is 72.6 Å². The lowest BCUT2D eigenvalue weighted by molar-refractivity contribution is -0.153. The van der Waals surface area contributed by atoms with Crippen LogP contribution in [0.1, 0.15) is 17.2 Å². The molecular formula is C21H19ClN2O3S. The number of nitrogens with two attached hydrogens (primary N) is 1. The van der Waals surface area contributed by atoms with E-state index in [0.717, 1.165) is 11.1 Å². The number of rotatable bonds is 5. The van der Waals surface area contributed by atoms with Crippen molar-refractivity contribution in [2.75, 3.05) is 11.6 Å². The zero-order valence-corrected chi connectivity index (χ0v) is 16.5. The first-order chi connectivity index (χ1) is 13.6. The van der Waals surface area contributed by atoms with Crippen molar-refractivity contribution in [3.63, 3.8) is 0 Å². The van der Waals surface area contributed by atoms with E-state index >= 15 is 0 Å². The summed E-state index contributed by atoms with van der Waals surface area (Å²) in [4.78, 5) is 26.9. The van der Waals surface area contributed by atoms with Crippen LogP contribution >= 0.6 is 23.4 Å². The molecule has 2 aromatic carbocycles. The van der Waals surface area contributed by atoms with Gasteiger partial charge in [0, 0.05) is 11.6 Å². The van der Waals surface area contributed by atoms with Gasteiger partial charge in [0.25, 0.3) is 0 Å². The number of fused-ring (bicyclic) bond motifs is 1. The molecule has 144 valence electrons. The third-order valence-corrected chi connectivity index (χ3v) is 6.56. The Balaban J connectivity index is 1.68. The van der Waals surface area contributed by atoms with Gasteiger partial charge in [-0.15, -0.1) is 23.4 Å². The molecule has 1 fully saturated rings. The number of nitrogens with zero attached hydrogens (tertiary/aromatic N) is 1. The molecule has 1 amide bonds. The molecule has 0 radical (unpaired) electrons. The number of alkyl halides is 1. The minimum absolute atomic E-state index is 0.157. The highest BCUT2D eigenvalue weighted by atomic mass is 35.5. The monoisotopic (exact) mass is 414 g/mol. The summed E-state index contributed by atoms with van der Waals surface area (Å²) in [6.07, 6.45) is -0.586. The number of hydrogen-bond donors (Lipinski definition) is 1. The summed E-state index contributed by atoms with van der Waals surface area (Å²) in [6, 6.07) is 18.4. The summed E-state index contributed by atoms with van der Waals surface area (Å²) >= 11 is 7.58. The fourth-order valence-corrected chi connectivity index (χ4v) is 5.04. The van der Waals surface area contributed by atoms with Crippen LogP contribution in [0.4, 0.5) is 0 Å². The molecule has 2 aliphatic heterocycles. The van der Waals surface area contributed by atoms with Crippen molar-refractivity contribution in [1.29, 1.82) is 0 Å². The number of ether oxygens (including phenoxy) is 1. The molecule has 0 aromatic heterocycles. The Kier molecular flexibility index (Phi) is 5.44. The van der Waals surface area contributed by atoms with Crippen LogP contribution in [0.5, 0.6) is 0 Å². The number of hydrogen-bond acceptors (Lipinski definition) is 5. The molecule has 1 saturated heterocycles. The fourth-order valence-electron chi connectivity index (χ4n) is 3.42. The van der Waals surface area contributed by atoms with Gasteiger partial charge in [-0.25, -0.2) is 4.79 Å². The molecule has 2 heterocycles. The molecule has 0 saturated carbocycles. The summed E-state index contributed by atoms with van der Waals surface area (Å²) in [5.41, 5.74) is 8.52. The van der Waals surface area contributed by atoms with Crippen molar-refractivity contribution in [3.05, 3.63) is 83.1 Å². The Morgan fingerprint density at radius 1 is 1.14 bits per heavy atom. The SMILES string of the molecule is N[C@@H]1C(=O)N2C(C(=O)OC(c3ccccc3)c3ccccc3)=C(CCl)CSC12. The van der Waals surface area contributed by atoms with E-state index in [4.69, 9.17) is 22.1 Å². The summed E-state index contributed by atoms with van der Waals surface area (Å²) in [7, 11) is 0. The number of thioether (sulfide) groups is 1. The predicted octanol–water partition coefficient (Wildman–Crippen LogP) is 3.05. The van der Waals surface area contributed by atoms with Crippen LogP contribution < -0.4 is 5.73 Å². The lowest BCUT2D eigenvalue weighted by atomic mass is 10.0. The standard InChI is InChI=1S/C21H19ClN2O3S/c22-11-15-12-28-20-16(23)19(25)24(20)17(15)21(26)27-18(13-7-3-1-4-8-13)14-9-5-2-6-10-14/h1-10,16,18,20H,11-12,23H2/t16-,20?/m1/s1. The van der Waals surface area contributed by atoms with Gasteiger partial charge < -0.3 is 10.5 Å². The molecule has 5 nitrogen and oxygen atoms in total. The third kappa shape index (κ3) is 3.32. The zero-order valence-electron chi connectivity index (χ0n) is 15.0. The smallest absolute Gasteiger partial charge is 0.356 e. The third-order valence-electron chi connectivity index (χ3n) is 4.87. The minimum Gasteiger partial charge on any atom is -0.448 e. The Hall–Kier alpha value is -2.28. The van der Waals surface area contributed by atoms with E-state index in [1.165, 1.54) is 16.7 Å². The van der Waals surface area contributed by atoms with E-state index < -0.39 is 18.1 Å². The van der Waals surface area contributed by atoms with E-state index in [0.29, 0.717) is 11.3 Å². The van der Waals surface area contributed by atoms with Crippen LogP contribution in [-0.4, -0.2) is 39.8 Å². The number of esters is 1. The molecular weight excluding hydrogens is 396 g/mol. The van der Waals surface area contributed by atoms with Crippen molar-refractivity contribution in [3.8, 4) is 0 Å². The van der Waals surface area contributed by atoms with E-state index in [9.17, 15) is 9.59 Å². The van der Waals surface area contributed by atoms with Gasteiger partial charge in [-0.1, -0.05) is 60.7 Å².